The highest BCUT2D eigenvalue weighted by Gasteiger charge is 2.25. The zero-order valence-electron chi connectivity index (χ0n) is 10.5. The molecule has 1 heterocycles. The molecule has 1 aliphatic carbocycles. The van der Waals surface area contributed by atoms with E-state index in [2.05, 4.69) is 10.3 Å². The molecule has 1 saturated carbocycles. The minimum atomic E-state index is -1.07. The Bertz CT molecular complexity index is 490. The van der Waals surface area contributed by atoms with Crippen molar-refractivity contribution in [2.75, 3.05) is 5.32 Å². The molecule has 1 fully saturated rings. The Hall–Kier alpha value is -1.95. The van der Waals surface area contributed by atoms with Crippen molar-refractivity contribution in [3.05, 3.63) is 24.0 Å². The number of aromatic nitrogens is 1. The van der Waals surface area contributed by atoms with Crippen molar-refractivity contribution in [3.63, 3.8) is 0 Å². The van der Waals surface area contributed by atoms with Gasteiger partial charge in [0.05, 0.1) is 17.4 Å². The number of carboxylic acids is 1. The predicted octanol–water partition coefficient (Wildman–Crippen LogP) is 1.24. The third kappa shape index (κ3) is 3.51. The third-order valence-corrected chi connectivity index (χ3v) is 3.34. The van der Waals surface area contributed by atoms with Gasteiger partial charge < -0.3 is 16.2 Å². The van der Waals surface area contributed by atoms with Crippen LogP contribution in [0.25, 0.3) is 0 Å². The Morgan fingerprint density at radius 2 is 2.16 bits per heavy atom. The van der Waals surface area contributed by atoms with Crippen LogP contribution in [-0.4, -0.2) is 28.0 Å². The van der Waals surface area contributed by atoms with E-state index in [1.165, 1.54) is 18.5 Å². The van der Waals surface area contributed by atoms with Crippen LogP contribution in [0, 0.1) is 5.92 Å². The molecule has 6 nitrogen and oxygen atoms in total. The largest absolute Gasteiger partial charge is 0.478 e. The van der Waals surface area contributed by atoms with Crippen molar-refractivity contribution in [1.82, 2.24) is 4.98 Å². The first kappa shape index (κ1) is 13.5. The molecule has 6 heteroatoms. The van der Waals surface area contributed by atoms with Gasteiger partial charge in [0.1, 0.15) is 0 Å². The Morgan fingerprint density at radius 3 is 2.84 bits per heavy atom. The molecule has 0 radical (unpaired) electrons. The number of amides is 1. The van der Waals surface area contributed by atoms with Gasteiger partial charge in [-0.25, -0.2) is 4.79 Å². The van der Waals surface area contributed by atoms with Gasteiger partial charge in [-0.1, -0.05) is 6.42 Å². The van der Waals surface area contributed by atoms with Gasteiger partial charge in [0.15, 0.2) is 0 Å². The van der Waals surface area contributed by atoms with Gasteiger partial charge in [-0.05, 0) is 25.3 Å². The lowest BCUT2D eigenvalue weighted by atomic mass is 9.85. The molecule has 1 amide bonds. The zero-order chi connectivity index (χ0) is 13.8. The van der Waals surface area contributed by atoms with E-state index in [0.29, 0.717) is 12.1 Å². The van der Waals surface area contributed by atoms with Gasteiger partial charge in [-0.15, -0.1) is 0 Å². The van der Waals surface area contributed by atoms with Crippen LogP contribution in [0.4, 0.5) is 5.69 Å². The topological polar surface area (TPSA) is 105 Å². The summed E-state index contributed by atoms with van der Waals surface area (Å²) in [5.41, 5.74) is 6.31. The van der Waals surface area contributed by atoms with E-state index < -0.39 is 5.97 Å². The minimum Gasteiger partial charge on any atom is -0.478 e. The first-order valence-electron chi connectivity index (χ1n) is 6.31. The van der Waals surface area contributed by atoms with Crippen molar-refractivity contribution in [2.24, 2.45) is 11.7 Å². The minimum absolute atomic E-state index is 0.0538. The molecular weight excluding hydrogens is 246 g/mol. The van der Waals surface area contributed by atoms with Gasteiger partial charge in [0.2, 0.25) is 5.91 Å². The molecule has 0 bridgehead atoms. The second kappa shape index (κ2) is 5.79. The summed E-state index contributed by atoms with van der Waals surface area (Å²) in [7, 11) is 0. The molecule has 0 saturated heterocycles. The lowest BCUT2D eigenvalue weighted by molar-refractivity contribution is -0.120. The maximum atomic E-state index is 12.1. The van der Waals surface area contributed by atoms with Crippen LogP contribution in [-0.2, 0) is 4.79 Å². The number of hydrogen-bond donors (Lipinski definition) is 3. The lowest BCUT2D eigenvalue weighted by Gasteiger charge is -2.25. The van der Waals surface area contributed by atoms with Crippen molar-refractivity contribution in [2.45, 2.75) is 31.7 Å². The highest BCUT2D eigenvalue weighted by atomic mass is 16.4. The van der Waals surface area contributed by atoms with E-state index in [0.717, 1.165) is 19.3 Å². The van der Waals surface area contributed by atoms with Gasteiger partial charge in [-0.2, -0.15) is 0 Å². The average Bonchev–Trinajstić information content (AvgIpc) is 2.39. The molecule has 2 rings (SSSR count). The van der Waals surface area contributed by atoms with Crippen LogP contribution in [0.15, 0.2) is 18.5 Å². The second-order valence-corrected chi connectivity index (χ2v) is 4.88. The summed E-state index contributed by atoms with van der Waals surface area (Å²) in [6.45, 7) is 0. The highest BCUT2D eigenvalue weighted by molar-refractivity contribution is 5.94. The van der Waals surface area contributed by atoms with Crippen molar-refractivity contribution in [1.29, 1.82) is 0 Å². The predicted molar refractivity (Wildman–Crippen MR) is 69.8 cm³/mol. The molecule has 1 aromatic rings. The van der Waals surface area contributed by atoms with Crippen LogP contribution >= 0.6 is 0 Å². The Kier molecular flexibility index (Phi) is 4.11. The molecule has 2 unspecified atom stereocenters. The number of pyridine rings is 1. The SMILES string of the molecule is NC1CCCC(C(=O)Nc2cncc(C(=O)O)c2)C1. The van der Waals surface area contributed by atoms with E-state index in [9.17, 15) is 9.59 Å². The van der Waals surface area contributed by atoms with Crippen LogP contribution in [0.5, 0.6) is 0 Å². The maximum absolute atomic E-state index is 12.1. The number of rotatable bonds is 3. The van der Waals surface area contributed by atoms with Crippen molar-refractivity contribution in [3.8, 4) is 0 Å². The number of hydrogen-bond acceptors (Lipinski definition) is 4. The first-order valence-corrected chi connectivity index (χ1v) is 6.31. The first-order chi connectivity index (χ1) is 9.06. The number of nitrogens with two attached hydrogens (primary N) is 1. The standard InChI is InChI=1S/C13H17N3O3/c14-10-3-1-2-8(4-10)12(17)16-11-5-9(13(18)19)6-15-7-11/h5-8,10H,1-4,14H2,(H,16,17)(H,18,19). The molecule has 0 spiro atoms. The van der Waals surface area contributed by atoms with E-state index in [1.807, 2.05) is 0 Å². The Balaban J connectivity index is 2.02. The average molecular weight is 263 g/mol. The highest BCUT2D eigenvalue weighted by Crippen LogP contribution is 2.24. The van der Waals surface area contributed by atoms with Crippen molar-refractivity contribution >= 4 is 17.6 Å². The smallest absolute Gasteiger partial charge is 0.337 e. The van der Waals surface area contributed by atoms with E-state index in [-0.39, 0.29) is 23.4 Å². The number of carbonyl (C=O) groups is 2. The molecule has 2 atom stereocenters. The Labute approximate surface area is 111 Å². The fraction of sp³-hybridized carbons (Fsp3) is 0.462. The fourth-order valence-corrected chi connectivity index (χ4v) is 2.34. The normalized spacial score (nSPS) is 22.8. The number of aromatic carboxylic acids is 1. The maximum Gasteiger partial charge on any atom is 0.337 e. The number of nitrogens with zero attached hydrogens (tertiary/aromatic N) is 1. The van der Waals surface area contributed by atoms with Crippen LogP contribution in [0.2, 0.25) is 0 Å². The summed E-state index contributed by atoms with van der Waals surface area (Å²) in [6, 6.07) is 1.48. The summed E-state index contributed by atoms with van der Waals surface area (Å²) in [6.07, 6.45) is 6.09. The Morgan fingerprint density at radius 1 is 1.37 bits per heavy atom. The molecule has 1 aromatic heterocycles. The molecule has 102 valence electrons. The molecule has 1 aliphatic rings. The number of anilines is 1. The molecule has 4 N–H and O–H groups in total. The van der Waals surface area contributed by atoms with Gasteiger partial charge in [-0.3, -0.25) is 9.78 Å². The zero-order valence-corrected chi connectivity index (χ0v) is 10.5. The second-order valence-electron chi connectivity index (χ2n) is 4.88. The van der Waals surface area contributed by atoms with E-state index in [1.54, 1.807) is 0 Å². The number of carboxylic acid groups (broad SMARTS) is 1. The van der Waals surface area contributed by atoms with Gasteiger partial charge >= 0.3 is 5.97 Å². The summed E-state index contributed by atoms with van der Waals surface area (Å²) >= 11 is 0. The van der Waals surface area contributed by atoms with Crippen LogP contribution in [0.3, 0.4) is 0 Å². The monoisotopic (exact) mass is 263 g/mol. The third-order valence-electron chi connectivity index (χ3n) is 3.34. The van der Waals surface area contributed by atoms with Gasteiger partial charge in [0, 0.05) is 18.2 Å². The number of carbonyl (C=O) groups excluding carboxylic acids is 1. The van der Waals surface area contributed by atoms with E-state index >= 15 is 0 Å². The lowest BCUT2D eigenvalue weighted by Crippen LogP contribution is -2.34. The molecule has 19 heavy (non-hydrogen) atoms. The number of nitrogens with one attached hydrogen (secondary N) is 1. The van der Waals surface area contributed by atoms with Crippen molar-refractivity contribution < 1.29 is 14.7 Å². The summed E-state index contributed by atoms with van der Waals surface area (Å²) in [5, 5.41) is 11.6. The van der Waals surface area contributed by atoms with E-state index in [4.69, 9.17) is 10.8 Å². The quantitative estimate of drug-likeness (QED) is 0.760. The van der Waals surface area contributed by atoms with Gasteiger partial charge in [0.25, 0.3) is 0 Å². The summed E-state index contributed by atoms with van der Waals surface area (Å²) in [4.78, 5) is 26.7. The summed E-state index contributed by atoms with van der Waals surface area (Å²) < 4.78 is 0. The summed E-state index contributed by atoms with van der Waals surface area (Å²) in [5.74, 6) is -1.28. The molecule has 0 aliphatic heterocycles. The van der Waals surface area contributed by atoms with Crippen LogP contribution < -0.4 is 11.1 Å². The molecular formula is C13H17N3O3. The fourth-order valence-electron chi connectivity index (χ4n) is 2.34. The molecule has 0 aromatic carbocycles. The van der Waals surface area contributed by atoms with Crippen LogP contribution in [0.1, 0.15) is 36.0 Å².